The number of aromatic amines is 1. The van der Waals surface area contributed by atoms with Crippen molar-refractivity contribution in [1.82, 2.24) is 20.9 Å². The van der Waals surface area contributed by atoms with E-state index in [4.69, 9.17) is 0 Å². The SMILES string of the molecule is N#CC(C[C@@H]1CCCNC1=O)NC(=O)C(CC1CC1)NC(=O)c1cc2c(F)ccc(Br)c2[nH]1. The van der Waals surface area contributed by atoms with Gasteiger partial charge in [0, 0.05) is 22.3 Å². The maximum atomic E-state index is 14.1. The number of benzene rings is 1. The number of halogens is 2. The van der Waals surface area contributed by atoms with Gasteiger partial charge in [0.1, 0.15) is 23.6 Å². The van der Waals surface area contributed by atoms with Crippen LogP contribution in [0.2, 0.25) is 0 Å². The lowest BCUT2D eigenvalue weighted by Gasteiger charge is -2.25. The van der Waals surface area contributed by atoms with Crippen molar-refractivity contribution < 1.29 is 18.8 Å². The van der Waals surface area contributed by atoms with Gasteiger partial charge >= 0.3 is 0 Å². The minimum atomic E-state index is -0.833. The molecular formula is C23H25BrFN5O3. The minimum Gasteiger partial charge on any atom is -0.356 e. The van der Waals surface area contributed by atoms with E-state index in [1.807, 2.05) is 0 Å². The molecule has 33 heavy (non-hydrogen) atoms. The zero-order valence-corrected chi connectivity index (χ0v) is 19.5. The van der Waals surface area contributed by atoms with Crippen molar-refractivity contribution in [1.29, 1.82) is 5.26 Å². The molecule has 1 aromatic heterocycles. The molecule has 3 atom stereocenters. The fourth-order valence-electron chi connectivity index (χ4n) is 4.19. The molecule has 1 aliphatic heterocycles. The Morgan fingerprint density at radius 3 is 2.70 bits per heavy atom. The number of hydrogen-bond donors (Lipinski definition) is 4. The van der Waals surface area contributed by atoms with E-state index in [2.05, 4.69) is 42.9 Å². The molecular weight excluding hydrogens is 493 g/mol. The molecule has 4 rings (SSSR count). The molecule has 10 heteroatoms. The lowest BCUT2D eigenvalue weighted by molar-refractivity contribution is -0.128. The van der Waals surface area contributed by atoms with Gasteiger partial charge in [0.25, 0.3) is 5.91 Å². The smallest absolute Gasteiger partial charge is 0.268 e. The summed E-state index contributed by atoms with van der Waals surface area (Å²) in [4.78, 5) is 40.8. The van der Waals surface area contributed by atoms with Crippen LogP contribution in [-0.4, -0.2) is 41.3 Å². The molecule has 0 bridgehead atoms. The van der Waals surface area contributed by atoms with Crippen LogP contribution in [-0.2, 0) is 9.59 Å². The highest BCUT2D eigenvalue weighted by atomic mass is 79.9. The van der Waals surface area contributed by atoms with Gasteiger partial charge in [0.2, 0.25) is 11.8 Å². The van der Waals surface area contributed by atoms with Crippen LogP contribution in [0.25, 0.3) is 10.9 Å². The number of fused-ring (bicyclic) bond motifs is 1. The van der Waals surface area contributed by atoms with E-state index in [-0.39, 0.29) is 29.3 Å². The predicted octanol–water partition coefficient (Wildman–Crippen LogP) is 2.89. The normalized spacial score (nSPS) is 19.9. The number of H-pyrrole nitrogens is 1. The molecule has 1 saturated heterocycles. The molecule has 0 radical (unpaired) electrons. The fraction of sp³-hybridized carbons (Fsp3) is 0.478. The number of carbonyl (C=O) groups is 3. The van der Waals surface area contributed by atoms with Crippen LogP contribution in [0.5, 0.6) is 0 Å². The largest absolute Gasteiger partial charge is 0.356 e. The Hall–Kier alpha value is -2.93. The van der Waals surface area contributed by atoms with E-state index < -0.39 is 29.7 Å². The first-order valence-corrected chi connectivity index (χ1v) is 11.9. The highest BCUT2D eigenvalue weighted by Crippen LogP contribution is 2.34. The van der Waals surface area contributed by atoms with Gasteiger partial charge in [-0.05, 0) is 65.7 Å². The minimum absolute atomic E-state index is 0.101. The van der Waals surface area contributed by atoms with Crippen molar-refractivity contribution in [2.75, 3.05) is 6.54 Å². The van der Waals surface area contributed by atoms with E-state index in [1.54, 1.807) is 6.07 Å². The number of nitrogens with one attached hydrogen (secondary N) is 4. The summed E-state index contributed by atoms with van der Waals surface area (Å²) in [6.45, 7) is 0.628. The monoisotopic (exact) mass is 517 g/mol. The van der Waals surface area contributed by atoms with Crippen LogP contribution in [0.15, 0.2) is 22.7 Å². The van der Waals surface area contributed by atoms with Crippen LogP contribution in [0.1, 0.15) is 49.0 Å². The molecule has 0 spiro atoms. The maximum absolute atomic E-state index is 14.1. The summed E-state index contributed by atoms with van der Waals surface area (Å²) in [5.41, 5.74) is 0.596. The number of carbonyl (C=O) groups excluding carboxylic acids is 3. The van der Waals surface area contributed by atoms with E-state index in [9.17, 15) is 24.0 Å². The Balaban J connectivity index is 1.45. The second-order valence-corrected chi connectivity index (χ2v) is 9.62. The zero-order valence-electron chi connectivity index (χ0n) is 17.9. The third kappa shape index (κ3) is 5.53. The van der Waals surface area contributed by atoms with Crippen LogP contribution in [0.3, 0.4) is 0 Å². The molecule has 3 amide bonds. The number of piperidine rings is 1. The van der Waals surface area contributed by atoms with Gasteiger partial charge < -0.3 is 20.9 Å². The van der Waals surface area contributed by atoms with Crippen molar-refractivity contribution in [3.05, 3.63) is 34.2 Å². The van der Waals surface area contributed by atoms with Crippen LogP contribution >= 0.6 is 15.9 Å². The van der Waals surface area contributed by atoms with Gasteiger partial charge in [-0.25, -0.2) is 4.39 Å². The predicted molar refractivity (Wildman–Crippen MR) is 122 cm³/mol. The molecule has 2 aliphatic rings. The van der Waals surface area contributed by atoms with Crippen LogP contribution in [0.4, 0.5) is 4.39 Å². The number of aromatic nitrogens is 1. The maximum Gasteiger partial charge on any atom is 0.268 e. The first-order valence-electron chi connectivity index (χ1n) is 11.1. The first kappa shape index (κ1) is 23.2. The zero-order chi connectivity index (χ0) is 23.5. The van der Waals surface area contributed by atoms with Crippen LogP contribution in [0, 0.1) is 29.0 Å². The molecule has 8 nitrogen and oxygen atoms in total. The number of rotatable bonds is 8. The Kier molecular flexibility index (Phi) is 6.98. The molecule has 2 aromatic rings. The van der Waals surface area contributed by atoms with Crippen molar-refractivity contribution in [3.63, 3.8) is 0 Å². The summed E-state index contributed by atoms with van der Waals surface area (Å²) in [6.07, 6.45) is 4.16. The van der Waals surface area contributed by atoms with Gasteiger partial charge in [-0.3, -0.25) is 14.4 Å². The summed E-state index contributed by atoms with van der Waals surface area (Å²) >= 11 is 3.34. The summed E-state index contributed by atoms with van der Waals surface area (Å²) in [5, 5.41) is 18.0. The third-order valence-corrected chi connectivity index (χ3v) is 6.87. The lowest BCUT2D eigenvalue weighted by atomic mass is 9.92. The Morgan fingerprint density at radius 1 is 1.24 bits per heavy atom. The topological polar surface area (TPSA) is 127 Å². The molecule has 4 N–H and O–H groups in total. The van der Waals surface area contributed by atoms with Gasteiger partial charge in [-0.2, -0.15) is 5.26 Å². The average Bonchev–Trinajstić information content (AvgIpc) is 3.49. The number of nitriles is 1. The quantitative estimate of drug-likeness (QED) is 0.429. The fourth-order valence-corrected chi connectivity index (χ4v) is 4.63. The second-order valence-electron chi connectivity index (χ2n) is 8.76. The molecule has 2 fully saturated rings. The Bertz CT molecular complexity index is 1080. The number of nitrogens with zero attached hydrogens (tertiary/aromatic N) is 1. The molecule has 1 saturated carbocycles. The van der Waals surface area contributed by atoms with Crippen molar-refractivity contribution in [3.8, 4) is 6.07 Å². The molecule has 1 aliphatic carbocycles. The van der Waals surface area contributed by atoms with E-state index in [0.29, 0.717) is 35.3 Å². The van der Waals surface area contributed by atoms with Gasteiger partial charge in [0.05, 0.1) is 11.6 Å². The standard InChI is InChI=1S/C23H25BrFN5O3/c24-16-5-6-17(25)15-10-19(29-20(15)16)23(33)30-18(8-12-3-4-12)22(32)28-14(11-26)9-13-2-1-7-27-21(13)31/h5-6,10,12-14,18,29H,1-4,7-9H2,(H,27,31)(H,28,32)(H,30,33)/t13-,14?,18?/m0/s1. The molecule has 2 heterocycles. The van der Waals surface area contributed by atoms with Crippen LogP contribution < -0.4 is 16.0 Å². The lowest BCUT2D eigenvalue weighted by Crippen LogP contribution is -2.50. The summed E-state index contributed by atoms with van der Waals surface area (Å²) in [7, 11) is 0. The Morgan fingerprint density at radius 2 is 2.03 bits per heavy atom. The van der Waals surface area contributed by atoms with E-state index >= 15 is 0 Å². The van der Waals surface area contributed by atoms with Gasteiger partial charge in [0.15, 0.2) is 0 Å². The second kappa shape index (κ2) is 9.91. The van der Waals surface area contributed by atoms with Gasteiger partial charge in [-0.1, -0.05) is 12.8 Å². The summed E-state index contributed by atoms with van der Waals surface area (Å²) in [6, 6.07) is 4.67. The summed E-state index contributed by atoms with van der Waals surface area (Å²) in [5.74, 6) is -1.53. The average molecular weight is 518 g/mol. The third-order valence-electron chi connectivity index (χ3n) is 6.21. The van der Waals surface area contributed by atoms with Crippen molar-refractivity contribution in [2.24, 2.45) is 11.8 Å². The number of hydrogen-bond acceptors (Lipinski definition) is 4. The highest BCUT2D eigenvalue weighted by Gasteiger charge is 2.33. The first-order chi connectivity index (χ1) is 15.9. The molecule has 2 unspecified atom stereocenters. The molecule has 1 aromatic carbocycles. The van der Waals surface area contributed by atoms with E-state index in [0.717, 1.165) is 19.3 Å². The van der Waals surface area contributed by atoms with E-state index in [1.165, 1.54) is 12.1 Å². The number of amides is 3. The van der Waals surface area contributed by atoms with Gasteiger partial charge in [-0.15, -0.1) is 0 Å². The highest BCUT2D eigenvalue weighted by molar-refractivity contribution is 9.10. The van der Waals surface area contributed by atoms with Crippen molar-refractivity contribution in [2.45, 2.75) is 50.6 Å². The summed E-state index contributed by atoms with van der Waals surface area (Å²) < 4.78 is 14.7. The van der Waals surface area contributed by atoms with Crippen molar-refractivity contribution >= 4 is 44.6 Å². The Labute approximate surface area is 198 Å². The molecule has 174 valence electrons.